The second kappa shape index (κ2) is 3.79. The zero-order chi connectivity index (χ0) is 9.10. The van der Waals surface area contributed by atoms with Crippen LogP contribution in [0.4, 0.5) is 5.82 Å². The van der Waals surface area contributed by atoms with E-state index in [2.05, 4.69) is 15.7 Å². The molecule has 1 aromatic heterocycles. The number of aromatic nitrogens is 2. The third-order valence-electron chi connectivity index (χ3n) is 2.51. The number of nitrogens with zero attached hydrogens (tertiary/aromatic N) is 2. The summed E-state index contributed by atoms with van der Waals surface area (Å²) in [5.74, 6) is 1.09. The highest BCUT2D eigenvalue weighted by molar-refractivity contribution is 5.33. The minimum atomic E-state index is 0.634. The second-order valence-corrected chi connectivity index (χ2v) is 3.51. The quantitative estimate of drug-likeness (QED) is 0.715. The summed E-state index contributed by atoms with van der Waals surface area (Å²) >= 11 is 0. The third kappa shape index (κ3) is 2.01. The molecule has 4 heteroatoms. The highest BCUT2D eigenvalue weighted by Gasteiger charge is 2.13. The Hall–Kier alpha value is -1.03. The van der Waals surface area contributed by atoms with Crippen LogP contribution in [0.3, 0.4) is 0 Å². The van der Waals surface area contributed by atoms with E-state index in [1.165, 1.54) is 12.8 Å². The molecular formula is C9H16N4. The molecule has 2 rings (SSSR count). The first-order valence-corrected chi connectivity index (χ1v) is 4.81. The average Bonchev–Trinajstić information content (AvgIpc) is 2.72. The highest BCUT2D eigenvalue weighted by atomic mass is 15.3. The fraction of sp³-hybridized carbons (Fsp3) is 0.667. The largest absolute Gasteiger partial charge is 0.369 e. The molecule has 0 aromatic carbocycles. The van der Waals surface area contributed by atoms with Gasteiger partial charge in [-0.2, -0.15) is 5.10 Å². The Labute approximate surface area is 78.3 Å². The fourth-order valence-corrected chi connectivity index (χ4v) is 1.71. The Morgan fingerprint density at radius 3 is 3.31 bits per heavy atom. The molecule has 1 aromatic rings. The molecule has 4 nitrogen and oxygen atoms in total. The Kier molecular flexibility index (Phi) is 2.49. The van der Waals surface area contributed by atoms with E-state index in [1.54, 1.807) is 0 Å². The van der Waals surface area contributed by atoms with Crippen LogP contribution in [0.2, 0.25) is 0 Å². The van der Waals surface area contributed by atoms with Crippen LogP contribution in [0.25, 0.3) is 0 Å². The van der Waals surface area contributed by atoms with Crippen molar-refractivity contribution in [3.05, 3.63) is 12.3 Å². The van der Waals surface area contributed by atoms with Crippen LogP contribution in [0, 0.1) is 0 Å². The molecular weight excluding hydrogens is 164 g/mol. The number of hydrogen-bond donors (Lipinski definition) is 2. The summed E-state index contributed by atoms with van der Waals surface area (Å²) < 4.78 is 1.86. The maximum Gasteiger partial charge on any atom is 0.123 e. The van der Waals surface area contributed by atoms with Crippen molar-refractivity contribution in [3.8, 4) is 0 Å². The maximum absolute atomic E-state index is 4.10. The summed E-state index contributed by atoms with van der Waals surface area (Å²) in [6.45, 7) is 2.16. The Balaban J connectivity index is 1.82. The lowest BCUT2D eigenvalue weighted by molar-refractivity contribution is 0.628. The van der Waals surface area contributed by atoms with E-state index < -0.39 is 0 Å². The van der Waals surface area contributed by atoms with Crippen molar-refractivity contribution < 1.29 is 0 Å². The number of nitrogens with one attached hydrogen (secondary N) is 2. The molecule has 1 fully saturated rings. The first kappa shape index (κ1) is 8.56. The zero-order valence-corrected chi connectivity index (χ0v) is 7.95. The molecule has 0 radical (unpaired) electrons. The first-order valence-electron chi connectivity index (χ1n) is 4.81. The van der Waals surface area contributed by atoms with Gasteiger partial charge in [0.25, 0.3) is 0 Å². The third-order valence-corrected chi connectivity index (χ3v) is 2.51. The Bertz CT molecular complexity index is 262. The van der Waals surface area contributed by atoms with E-state index in [1.807, 2.05) is 24.0 Å². The smallest absolute Gasteiger partial charge is 0.123 e. The van der Waals surface area contributed by atoms with Crippen LogP contribution in [0.5, 0.6) is 0 Å². The lowest BCUT2D eigenvalue weighted by Gasteiger charge is -2.12. The summed E-state index contributed by atoms with van der Waals surface area (Å²) in [6.07, 6.45) is 4.40. The van der Waals surface area contributed by atoms with Crippen molar-refractivity contribution in [2.75, 3.05) is 18.4 Å². The van der Waals surface area contributed by atoms with Gasteiger partial charge in [0, 0.05) is 25.7 Å². The van der Waals surface area contributed by atoms with Crippen LogP contribution >= 0.6 is 0 Å². The fourth-order valence-electron chi connectivity index (χ4n) is 1.71. The van der Waals surface area contributed by atoms with Crippen LogP contribution < -0.4 is 10.6 Å². The van der Waals surface area contributed by atoms with Gasteiger partial charge in [0.15, 0.2) is 0 Å². The molecule has 0 saturated carbocycles. The molecule has 1 atom stereocenters. The minimum Gasteiger partial charge on any atom is -0.369 e. The highest BCUT2D eigenvalue weighted by Crippen LogP contribution is 2.07. The molecule has 0 bridgehead atoms. The van der Waals surface area contributed by atoms with Gasteiger partial charge in [-0.1, -0.05) is 0 Å². The number of anilines is 1. The topological polar surface area (TPSA) is 41.9 Å². The lowest BCUT2D eigenvalue weighted by Crippen LogP contribution is -2.29. The molecule has 0 amide bonds. The van der Waals surface area contributed by atoms with Gasteiger partial charge >= 0.3 is 0 Å². The van der Waals surface area contributed by atoms with E-state index in [4.69, 9.17) is 0 Å². The summed E-state index contributed by atoms with van der Waals surface area (Å²) in [6, 6.07) is 2.63. The normalized spacial score (nSPS) is 22.1. The number of aryl methyl sites for hydroxylation is 1. The molecule has 2 N–H and O–H groups in total. The van der Waals surface area contributed by atoms with Crippen LogP contribution in [-0.2, 0) is 7.05 Å². The predicted molar refractivity (Wildman–Crippen MR) is 52.7 cm³/mol. The van der Waals surface area contributed by atoms with Gasteiger partial charge in [-0.25, -0.2) is 0 Å². The zero-order valence-electron chi connectivity index (χ0n) is 7.95. The molecule has 72 valence electrons. The van der Waals surface area contributed by atoms with Crippen LogP contribution in [0.1, 0.15) is 12.8 Å². The van der Waals surface area contributed by atoms with E-state index >= 15 is 0 Å². The van der Waals surface area contributed by atoms with E-state index in [9.17, 15) is 0 Å². The minimum absolute atomic E-state index is 0.634. The molecule has 0 unspecified atom stereocenters. The van der Waals surface area contributed by atoms with Crippen molar-refractivity contribution in [2.24, 2.45) is 7.05 Å². The first-order chi connectivity index (χ1) is 6.36. The van der Waals surface area contributed by atoms with Gasteiger partial charge in [-0.3, -0.25) is 4.68 Å². The van der Waals surface area contributed by atoms with Crippen molar-refractivity contribution in [1.29, 1.82) is 0 Å². The molecule has 0 spiro atoms. The van der Waals surface area contributed by atoms with Crippen molar-refractivity contribution in [3.63, 3.8) is 0 Å². The van der Waals surface area contributed by atoms with Crippen molar-refractivity contribution in [2.45, 2.75) is 18.9 Å². The summed E-state index contributed by atoms with van der Waals surface area (Å²) in [5, 5.41) is 10.9. The summed E-state index contributed by atoms with van der Waals surface area (Å²) in [7, 11) is 1.95. The maximum atomic E-state index is 4.10. The molecule has 13 heavy (non-hydrogen) atoms. The summed E-state index contributed by atoms with van der Waals surface area (Å²) in [5.41, 5.74) is 0. The standard InChI is InChI=1S/C9H16N4/c1-13-9(4-6-12-13)11-7-8-3-2-5-10-8/h4,6,8,10-11H,2-3,5,7H2,1H3/t8-/m0/s1. The van der Waals surface area contributed by atoms with Gasteiger partial charge in [0.1, 0.15) is 5.82 Å². The molecule has 0 aliphatic carbocycles. The lowest BCUT2D eigenvalue weighted by atomic mass is 10.2. The van der Waals surface area contributed by atoms with Crippen LogP contribution in [0.15, 0.2) is 12.3 Å². The van der Waals surface area contributed by atoms with Crippen molar-refractivity contribution >= 4 is 5.82 Å². The Morgan fingerprint density at radius 2 is 2.69 bits per heavy atom. The predicted octanol–water partition coefficient (Wildman–Crippen LogP) is 0.584. The average molecular weight is 180 g/mol. The monoisotopic (exact) mass is 180 g/mol. The summed E-state index contributed by atoms with van der Waals surface area (Å²) in [4.78, 5) is 0. The SMILES string of the molecule is Cn1nccc1NC[C@@H]1CCCN1. The van der Waals surface area contributed by atoms with Crippen LogP contribution in [-0.4, -0.2) is 28.9 Å². The Morgan fingerprint density at radius 1 is 1.77 bits per heavy atom. The number of hydrogen-bond acceptors (Lipinski definition) is 3. The van der Waals surface area contributed by atoms with Gasteiger partial charge in [0.05, 0.1) is 6.20 Å². The number of rotatable bonds is 3. The van der Waals surface area contributed by atoms with Gasteiger partial charge in [0.2, 0.25) is 0 Å². The van der Waals surface area contributed by atoms with E-state index in [-0.39, 0.29) is 0 Å². The second-order valence-electron chi connectivity index (χ2n) is 3.51. The van der Waals surface area contributed by atoms with Gasteiger partial charge in [-0.15, -0.1) is 0 Å². The molecule has 1 aliphatic rings. The van der Waals surface area contributed by atoms with E-state index in [0.29, 0.717) is 6.04 Å². The van der Waals surface area contributed by atoms with Gasteiger partial charge in [-0.05, 0) is 19.4 Å². The molecule has 2 heterocycles. The van der Waals surface area contributed by atoms with Gasteiger partial charge < -0.3 is 10.6 Å². The van der Waals surface area contributed by atoms with Crippen molar-refractivity contribution in [1.82, 2.24) is 15.1 Å². The molecule has 1 aliphatic heterocycles. The molecule has 1 saturated heterocycles. The van der Waals surface area contributed by atoms with E-state index in [0.717, 1.165) is 18.9 Å².